The first kappa shape index (κ1) is 23.6. The van der Waals surface area contributed by atoms with Gasteiger partial charge in [-0.1, -0.05) is 11.6 Å². The lowest BCUT2D eigenvalue weighted by molar-refractivity contribution is -0.133. The molecule has 2 heterocycles. The van der Waals surface area contributed by atoms with Crippen LogP contribution in [0.15, 0.2) is 60.0 Å². The molecule has 0 aliphatic carbocycles. The van der Waals surface area contributed by atoms with Crippen LogP contribution in [0.3, 0.4) is 0 Å². The van der Waals surface area contributed by atoms with Crippen molar-refractivity contribution in [2.45, 2.75) is 4.90 Å². The third kappa shape index (κ3) is 5.69. The van der Waals surface area contributed by atoms with Crippen LogP contribution < -0.4 is 14.4 Å². The lowest BCUT2D eigenvalue weighted by Crippen LogP contribution is -2.50. The first-order valence-corrected chi connectivity index (χ1v) is 12.0. The third-order valence-corrected chi connectivity index (χ3v) is 6.75. The first-order chi connectivity index (χ1) is 16.3. The number of anilines is 2. The highest BCUT2D eigenvalue weighted by Crippen LogP contribution is 2.22. The van der Waals surface area contributed by atoms with E-state index in [1.54, 1.807) is 17.0 Å². The zero-order chi connectivity index (χ0) is 24.1. The minimum atomic E-state index is -3.83. The molecule has 2 aromatic carbocycles. The average molecular weight is 507 g/mol. The van der Waals surface area contributed by atoms with Crippen LogP contribution in [0.2, 0.25) is 5.02 Å². The van der Waals surface area contributed by atoms with Crippen LogP contribution in [-0.4, -0.2) is 67.0 Å². The number of carbonyl (C=O) groups excluding carboxylic acids is 1. The minimum absolute atomic E-state index is 0.0635. The standard InChI is InChI=1S/C21H20ClFN6O4S/c22-18-11-16(3-6-19(18)23)33-12-20(30)29-9-7-28(8-10-29)15-1-4-17(5-2-15)34(31,32)27-21-25-13-24-14-26-21/h1-6,11,13-14H,7-10,12H2,(H,24,25,26,27). The molecule has 0 unspecified atom stereocenters. The Balaban J connectivity index is 1.29. The first-order valence-electron chi connectivity index (χ1n) is 10.2. The molecule has 1 aromatic heterocycles. The normalized spacial score (nSPS) is 14.1. The lowest BCUT2D eigenvalue weighted by atomic mass is 10.2. The van der Waals surface area contributed by atoms with E-state index in [4.69, 9.17) is 16.3 Å². The van der Waals surface area contributed by atoms with Crippen molar-refractivity contribution >= 4 is 39.2 Å². The summed E-state index contributed by atoms with van der Waals surface area (Å²) in [5, 5.41) is -0.0705. The van der Waals surface area contributed by atoms with Crippen molar-refractivity contribution in [1.29, 1.82) is 0 Å². The largest absolute Gasteiger partial charge is 0.484 e. The molecule has 34 heavy (non-hydrogen) atoms. The predicted octanol–water partition coefficient (Wildman–Crippen LogP) is 2.19. The van der Waals surface area contributed by atoms with E-state index in [1.165, 1.54) is 43.0 Å². The summed E-state index contributed by atoms with van der Waals surface area (Å²) < 4.78 is 45.9. The summed E-state index contributed by atoms with van der Waals surface area (Å²) in [7, 11) is -3.83. The molecule has 1 saturated heterocycles. The van der Waals surface area contributed by atoms with Crippen molar-refractivity contribution in [3.05, 3.63) is 66.0 Å². The van der Waals surface area contributed by atoms with Gasteiger partial charge in [-0.05, 0) is 36.4 Å². The highest BCUT2D eigenvalue weighted by atomic mass is 35.5. The molecule has 0 spiro atoms. The Morgan fingerprint density at radius 3 is 2.38 bits per heavy atom. The fraction of sp³-hybridized carbons (Fsp3) is 0.238. The number of rotatable bonds is 7. The van der Waals surface area contributed by atoms with Crippen molar-refractivity contribution in [3.63, 3.8) is 0 Å². The molecule has 0 saturated carbocycles. The van der Waals surface area contributed by atoms with E-state index in [-0.39, 0.29) is 28.4 Å². The van der Waals surface area contributed by atoms with Crippen molar-refractivity contribution in [2.75, 3.05) is 42.4 Å². The molecule has 1 amide bonds. The quantitative estimate of drug-likeness (QED) is 0.518. The second-order valence-corrected chi connectivity index (χ2v) is 9.38. The van der Waals surface area contributed by atoms with Crippen LogP contribution in [0.4, 0.5) is 16.0 Å². The number of amides is 1. The predicted molar refractivity (Wildman–Crippen MR) is 123 cm³/mol. The molecule has 1 aliphatic heterocycles. The summed E-state index contributed by atoms with van der Waals surface area (Å²) in [6.07, 6.45) is 2.39. The van der Waals surface area contributed by atoms with Gasteiger partial charge in [-0.15, -0.1) is 0 Å². The van der Waals surface area contributed by atoms with Crippen LogP contribution >= 0.6 is 11.6 Å². The summed E-state index contributed by atoms with van der Waals surface area (Å²) in [6, 6.07) is 10.3. The van der Waals surface area contributed by atoms with Gasteiger partial charge in [0.25, 0.3) is 15.9 Å². The molecule has 1 N–H and O–H groups in total. The number of ether oxygens (including phenoxy) is 1. The van der Waals surface area contributed by atoms with E-state index < -0.39 is 15.8 Å². The smallest absolute Gasteiger partial charge is 0.264 e. The molecule has 3 aromatic rings. The number of aromatic nitrogens is 3. The average Bonchev–Trinajstić information content (AvgIpc) is 2.85. The molecular formula is C21H20ClFN6O4S. The summed E-state index contributed by atoms with van der Waals surface area (Å²) in [4.78, 5) is 27.4. The zero-order valence-corrected chi connectivity index (χ0v) is 19.3. The van der Waals surface area contributed by atoms with Gasteiger partial charge in [-0.3, -0.25) is 4.79 Å². The molecule has 10 nitrogen and oxygen atoms in total. The second kappa shape index (κ2) is 10.2. The Morgan fingerprint density at radius 2 is 1.74 bits per heavy atom. The molecule has 0 atom stereocenters. The van der Waals surface area contributed by atoms with E-state index in [2.05, 4.69) is 24.6 Å². The number of nitrogens with one attached hydrogen (secondary N) is 1. The van der Waals surface area contributed by atoms with Crippen LogP contribution in [0.25, 0.3) is 0 Å². The van der Waals surface area contributed by atoms with E-state index in [1.807, 2.05) is 0 Å². The number of sulfonamides is 1. The molecule has 178 valence electrons. The number of hydrogen-bond donors (Lipinski definition) is 1. The maximum absolute atomic E-state index is 13.2. The lowest BCUT2D eigenvalue weighted by Gasteiger charge is -2.36. The number of halogens is 2. The van der Waals surface area contributed by atoms with Gasteiger partial charge in [-0.25, -0.2) is 32.5 Å². The van der Waals surface area contributed by atoms with Crippen molar-refractivity contribution in [3.8, 4) is 5.75 Å². The highest BCUT2D eigenvalue weighted by molar-refractivity contribution is 7.92. The zero-order valence-electron chi connectivity index (χ0n) is 17.8. The second-order valence-electron chi connectivity index (χ2n) is 7.29. The third-order valence-electron chi connectivity index (χ3n) is 5.12. The Kier molecular flexibility index (Phi) is 7.08. The van der Waals surface area contributed by atoms with Gasteiger partial charge >= 0.3 is 0 Å². The topological polar surface area (TPSA) is 118 Å². The van der Waals surface area contributed by atoms with E-state index in [0.29, 0.717) is 31.9 Å². The molecule has 1 fully saturated rings. The number of piperazine rings is 1. The van der Waals surface area contributed by atoms with Gasteiger partial charge in [0, 0.05) is 37.9 Å². The molecule has 13 heteroatoms. The molecule has 0 bridgehead atoms. The van der Waals surface area contributed by atoms with Crippen LogP contribution in [-0.2, 0) is 14.8 Å². The Labute approximate surface area is 200 Å². The molecule has 0 radical (unpaired) electrons. The van der Waals surface area contributed by atoms with Crippen molar-refractivity contribution in [2.24, 2.45) is 0 Å². The highest BCUT2D eigenvalue weighted by Gasteiger charge is 2.22. The van der Waals surface area contributed by atoms with Crippen LogP contribution in [0.1, 0.15) is 0 Å². The van der Waals surface area contributed by atoms with Gasteiger partial charge in [0.15, 0.2) is 6.61 Å². The Hall–Kier alpha value is -3.51. The van der Waals surface area contributed by atoms with Crippen molar-refractivity contribution < 1.29 is 22.3 Å². The molecule has 1 aliphatic rings. The van der Waals surface area contributed by atoms with Crippen LogP contribution in [0.5, 0.6) is 5.75 Å². The fourth-order valence-electron chi connectivity index (χ4n) is 3.32. The summed E-state index contributed by atoms with van der Waals surface area (Å²) >= 11 is 5.72. The van der Waals surface area contributed by atoms with Gasteiger partial charge < -0.3 is 14.5 Å². The summed E-state index contributed by atoms with van der Waals surface area (Å²) in [5.74, 6) is -0.489. The van der Waals surface area contributed by atoms with Crippen LogP contribution in [0, 0.1) is 5.82 Å². The minimum Gasteiger partial charge on any atom is -0.484 e. The molecule has 4 rings (SSSR count). The maximum atomic E-state index is 13.2. The monoisotopic (exact) mass is 506 g/mol. The maximum Gasteiger partial charge on any atom is 0.264 e. The number of hydrogen-bond acceptors (Lipinski definition) is 8. The van der Waals surface area contributed by atoms with Gasteiger partial charge in [0.2, 0.25) is 5.95 Å². The van der Waals surface area contributed by atoms with E-state index in [0.717, 1.165) is 5.69 Å². The number of carbonyl (C=O) groups is 1. The fourth-order valence-corrected chi connectivity index (χ4v) is 4.45. The van der Waals surface area contributed by atoms with Crippen molar-refractivity contribution in [1.82, 2.24) is 19.9 Å². The Bertz CT molecular complexity index is 1260. The van der Waals surface area contributed by atoms with Gasteiger partial charge in [0.1, 0.15) is 24.2 Å². The van der Waals surface area contributed by atoms with E-state index >= 15 is 0 Å². The molecular weight excluding hydrogens is 487 g/mol. The van der Waals surface area contributed by atoms with Gasteiger partial charge in [0.05, 0.1) is 9.92 Å². The number of nitrogens with zero attached hydrogens (tertiary/aromatic N) is 5. The SMILES string of the molecule is O=C(COc1ccc(F)c(Cl)c1)N1CCN(c2ccc(S(=O)(=O)Nc3ncncn3)cc2)CC1. The van der Waals surface area contributed by atoms with E-state index in [9.17, 15) is 17.6 Å². The summed E-state index contributed by atoms with van der Waals surface area (Å²) in [5.41, 5.74) is 0.836. The number of benzene rings is 2. The Morgan fingerprint density at radius 1 is 1.06 bits per heavy atom. The van der Waals surface area contributed by atoms with Gasteiger partial charge in [-0.2, -0.15) is 0 Å². The summed E-state index contributed by atoms with van der Waals surface area (Å²) in [6.45, 7) is 1.93.